The van der Waals surface area contributed by atoms with Crippen molar-refractivity contribution in [2.75, 3.05) is 43.0 Å². The number of phenolic OH excluding ortho intramolecular Hbond substituents is 1. The van der Waals surface area contributed by atoms with E-state index in [1.807, 2.05) is 18.2 Å². The molecule has 2 fully saturated rings. The van der Waals surface area contributed by atoms with E-state index >= 15 is 0 Å². The van der Waals surface area contributed by atoms with Crippen molar-refractivity contribution in [2.45, 2.75) is 44.0 Å². The van der Waals surface area contributed by atoms with E-state index in [0.29, 0.717) is 51.9 Å². The molecule has 1 heterocycles. The number of benzene rings is 3. The molecule has 218 valence electrons. The first kappa shape index (κ1) is 28.5. The van der Waals surface area contributed by atoms with Gasteiger partial charge in [-0.15, -0.1) is 0 Å². The van der Waals surface area contributed by atoms with Crippen molar-refractivity contribution in [2.24, 2.45) is 0 Å². The molecule has 3 aromatic rings. The highest BCUT2D eigenvalue weighted by Gasteiger charge is 2.38. The van der Waals surface area contributed by atoms with Gasteiger partial charge in [0.05, 0.1) is 11.0 Å². The lowest BCUT2D eigenvalue weighted by atomic mass is 9.92. The largest absolute Gasteiger partial charge is 0.508 e. The fraction of sp³-hybridized carbons (Fsp3) is 0.414. The molecule has 0 atom stereocenters. The lowest BCUT2D eigenvalue weighted by molar-refractivity contribution is -0.388. The first-order valence-corrected chi connectivity index (χ1v) is 13.6. The maximum Gasteiger partial charge on any atom is 0.423 e. The van der Waals surface area contributed by atoms with E-state index in [0.717, 1.165) is 28.6 Å². The predicted molar refractivity (Wildman–Crippen MR) is 148 cm³/mol. The maximum atomic E-state index is 13.3. The van der Waals surface area contributed by atoms with Crippen LogP contribution in [-0.4, -0.2) is 65.8 Å². The number of nitro benzene ring substituents is 1. The van der Waals surface area contributed by atoms with Gasteiger partial charge in [-0.05, 0) is 72.9 Å². The molecule has 0 radical (unpaired) electrons. The van der Waals surface area contributed by atoms with E-state index in [1.54, 1.807) is 17.0 Å². The van der Waals surface area contributed by atoms with Gasteiger partial charge in [0, 0.05) is 49.7 Å². The second kappa shape index (κ2) is 11.8. The molecular formula is C29H31F3N4O5. The van der Waals surface area contributed by atoms with E-state index in [-0.39, 0.29) is 36.1 Å². The summed E-state index contributed by atoms with van der Waals surface area (Å²) >= 11 is 0. The number of rotatable bonds is 7. The topological polar surface area (TPSA) is 108 Å². The summed E-state index contributed by atoms with van der Waals surface area (Å²) in [5.74, 6) is 0.166. The zero-order valence-electron chi connectivity index (χ0n) is 22.3. The Morgan fingerprint density at radius 3 is 2.34 bits per heavy atom. The zero-order valence-corrected chi connectivity index (χ0v) is 22.3. The minimum absolute atomic E-state index is 0.0144. The first-order valence-electron chi connectivity index (χ1n) is 13.6. The Hall–Kier alpha value is -4.06. The van der Waals surface area contributed by atoms with Crippen LogP contribution in [0.2, 0.25) is 0 Å². The van der Waals surface area contributed by atoms with Gasteiger partial charge in [-0.1, -0.05) is 12.1 Å². The molecule has 1 saturated heterocycles. The van der Waals surface area contributed by atoms with Crippen molar-refractivity contribution in [1.29, 1.82) is 0 Å². The minimum atomic E-state index is -4.83. The molecule has 41 heavy (non-hydrogen) atoms. The molecule has 2 aliphatic rings. The molecule has 5 rings (SSSR count). The summed E-state index contributed by atoms with van der Waals surface area (Å²) < 4.78 is 45.7. The van der Waals surface area contributed by atoms with Crippen LogP contribution in [0.1, 0.15) is 31.2 Å². The van der Waals surface area contributed by atoms with Crippen molar-refractivity contribution in [1.82, 2.24) is 4.90 Å². The molecule has 1 amide bonds. The summed E-state index contributed by atoms with van der Waals surface area (Å²) in [6.07, 6.45) is -2.36. The third kappa shape index (κ3) is 6.82. The van der Waals surface area contributed by atoms with E-state index < -0.39 is 22.4 Å². The first-order chi connectivity index (χ1) is 19.6. The number of alkyl halides is 3. The summed E-state index contributed by atoms with van der Waals surface area (Å²) in [6.45, 7) is 2.55. The van der Waals surface area contributed by atoms with Gasteiger partial charge in [-0.3, -0.25) is 14.9 Å². The number of phenols is 1. The Morgan fingerprint density at radius 2 is 1.66 bits per heavy atom. The summed E-state index contributed by atoms with van der Waals surface area (Å²) in [5.41, 5.74) is -0.992. The Labute approximate surface area is 234 Å². The lowest BCUT2D eigenvalue weighted by Crippen LogP contribution is -2.50. The number of nitrogens with one attached hydrogen (secondary N) is 1. The molecule has 0 spiro atoms. The Morgan fingerprint density at radius 1 is 0.976 bits per heavy atom. The lowest BCUT2D eigenvalue weighted by Gasteiger charge is -2.36. The number of aromatic hydroxyl groups is 1. The van der Waals surface area contributed by atoms with E-state index in [4.69, 9.17) is 4.74 Å². The van der Waals surface area contributed by atoms with Crippen LogP contribution in [0.15, 0.2) is 54.6 Å². The van der Waals surface area contributed by atoms with Gasteiger partial charge >= 0.3 is 6.18 Å². The number of carbonyl (C=O) groups excluding carboxylic acids is 1. The average Bonchev–Trinajstić information content (AvgIpc) is 2.96. The van der Waals surface area contributed by atoms with Gasteiger partial charge in [-0.2, -0.15) is 13.2 Å². The van der Waals surface area contributed by atoms with E-state index in [9.17, 15) is 33.2 Å². The van der Waals surface area contributed by atoms with E-state index in [2.05, 4.69) is 16.3 Å². The maximum absolute atomic E-state index is 13.3. The molecule has 9 nitrogen and oxygen atoms in total. The monoisotopic (exact) mass is 572 g/mol. The molecule has 12 heteroatoms. The minimum Gasteiger partial charge on any atom is -0.508 e. The van der Waals surface area contributed by atoms with Gasteiger partial charge in [0.1, 0.15) is 17.9 Å². The number of fused-ring (bicyclic) bond motifs is 1. The van der Waals surface area contributed by atoms with Crippen LogP contribution < -0.4 is 10.2 Å². The highest BCUT2D eigenvalue weighted by molar-refractivity contribution is 5.87. The van der Waals surface area contributed by atoms with Gasteiger partial charge in [0.2, 0.25) is 5.91 Å². The SMILES string of the molecule is O=C(COC1CCC(Nc2ccc([N+](=O)[O-])c(C(F)(F)F)c2)CC1)N1CCN(c2ccc3cc(O)ccc3c2)CC1. The predicted octanol–water partition coefficient (Wildman–Crippen LogP) is 5.56. The van der Waals surface area contributed by atoms with Gasteiger partial charge in [-0.25, -0.2) is 0 Å². The summed E-state index contributed by atoms with van der Waals surface area (Å²) in [6, 6.07) is 14.2. The van der Waals surface area contributed by atoms with Crippen LogP contribution >= 0.6 is 0 Å². The third-order valence-corrected chi connectivity index (χ3v) is 7.79. The summed E-state index contributed by atoms with van der Waals surface area (Å²) in [4.78, 5) is 26.8. The van der Waals surface area contributed by atoms with Crippen molar-refractivity contribution in [3.8, 4) is 5.75 Å². The van der Waals surface area contributed by atoms with Crippen LogP contribution in [0.5, 0.6) is 5.75 Å². The molecule has 0 unspecified atom stereocenters. The Balaban J connectivity index is 1.05. The molecule has 0 aromatic heterocycles. The van der Waals surface area contributed by atoms with Crippen LogP contribution in [0.4, 0.5) is 30.2 Å². The summed E-state index contributed by atoms with van der Waals surface area (Å²) in [5, 5.41) is 25.7. The number of nitrogens with zero attached hydrogens (tertiary/aromatic N) is 3. The number of hydrogen-bond acceptors (Lipinski definition) is 7. The number of hydrogen-bond donors (Lipinski definition) is 2. The quantitative estimate of drug-likeness (QED) is 0.282. The normalized spacial score (nSPS) is 19.8. The second-order valence-electron chi connectivity index (χ2n) is 10.5. The number of carbonyl (C=O) groups is 1. The zero-order chi connectivity index (χ0) is 29.1. The van der Waals surface area contributed by atoms with Crippen molar-refractivity contribution >= 4 is 33.7 Å². The van der Waals surface area contributed by atoms with Crippen molar-refractivity contribution in [3.05, 3.63) is 70.3 Å². The Kier molecular flexibility index (Phi) is 8.20. The van der Waals surface area contributed by atoms with Crippen molar-refractivity contribution < 1.29 is 32.7 Å². The molecule has 0 bridgehead atoms. The fourth-order valence-corrected chi connectivity index (χ4v) is 5.53. The molecule has 1 aliphatic carbocycles. The molecule has 1 saturated carbocycles. The van der Waals surface area contributed by atoms with Gasteiger partial charge in [0.25, 0.3) is 5.69 Å². The smallest absolute Gasteiger partial charge is 0.423 e. The number of halogens is 3. The number of ether oxygens (including phenoxy) is 1. The summed E-state index contributed by atoms with van der Waals surface area (Å²) in [7, 11) is 0. The van der Waals surface area contributed by atoms with Crippen LogP contribution in [-0.2, 0) is 15.7 Å². The molecule has 1 aliphatic heterocycles. The number of nitro groups is 1. The number of anilines is 2. The van der Waals surface area contributed by atoms with Crippen molar-refractivity contribution in [3.63, 3.8) is 0 Å². The fourth-order valence-electron chi connectivity index (χ4n) is 5.53. The highest BCUT2D eigenvalue weighted by atomic mass is 19.4. The molecular weight excluding hydrogens is 541 g/mol. The van der Waals surface area contributed by atoms with Crippen LogP contribution in [0.25, 0.3) is 10.8 Å². The van der Waals surface area contributed by atoms with Crippen LogP contribution in [0.3, 0.4) is 0 Å². The highest BCUT2D eigenvalue weighted by Crippen LogP contribution is 2.38. The molecule has 3 aromatic carbocycles. The third-order valence-electron chi connectivity index (χ3n) is 7.79. The average molecular weight is 573 g/mol. The van der Waals surface area contributed by atoms with Gasteiger partial charge < -0.3 is 25.0 Å². The second-order valence-corrected chi connectivity index (χ2v) is 10.5. The Bertz CT molecular complexity index is 1420. The van der Waals surface area contributed by atoms with Gasteiger partial charge in [0.15, 0.2) is 0 Å². The standard InChI is InChI=1S/C29H31F3N4O5/c30-29(31,32)26-17-22(5-10-27(26)36(39)40)33-21-3-8-25(9-4-21)41-18-28(38)35-13-11-34(12-14-35)23-6-1-20-16-24(37)7-2-19(20)15-23/h1-2,5-7,10,15-17,21,25,33,37H,3-4,8-9,11-14,18H2. The molecule has 2 N–H and O–H groups in total. The number of piperazine rings is 1. The van der Waals surface area contributed by atoms with Crippen LogP contribution in [0, 0.1) is 10.1 Å². The number of amides is 1. The van der Waals surface area contributed by atoms with E-state index in [1.165, 1.54) is 6.07 Å².